The summed E-state index contributed by atoms with van der Waals surface area (Å²) in [4.78, 5) is 0. The lowest BCUT2D eigenvalue weighted by atomic mass is 10.3. The van der Waals surface area contributed by atoms with E-state index in [4.69, 9.17) is 0 Å². The van der Waals surface area contributed by atoms with Crippen LogP contribution in [0.15, 0.2) is 11.2 Å². The zero-order valence-electron chi connectivity index (χ0n) is 12.5. The van der Waals surface area contributed by atoms with Crippen LogP contribution < -0.4 is 5.32 Å². The van der Waals surface area contributed by atoms with Crippen molar-refractivity contribution in [3.05, 3.63) is 11.8 Å². The van der Waals surface area contributed by atoms with Crippen LogP contribution in [0.1, 0.15) is 25.8 Å². The fraction of sp³-hybridized carbons (Fsp3) is 0.750. The molecule has 1 aromatic rings. The van der Waals surface area contributed by atoms with Crippen molar-refractivity contribution in [2.45, 2.75) is 37.9 Å². The quantitative estimate of drug-likeness (QED) is 0.670. The highest BCUT2D eigenvalue weighted by molar-refractivity contribution is 7.98. The first-order valence-electron chi connectivity index (χ1n) is 6.65. The summed E-state index contributed by atoms with van der Waals surface area (Å²) in [6, 6.07) is -0.0604. The van der Waals surface area contributed by atoms with Crippen molar-refractivity contribution in [3.63, 3.8) is 0 Å². The number of sulfonamides is 1. The molecule has 0 saturated heterocycles. The van der Waals surface area contributed by atoms with Crippen molar-refractivity contribution < 1.29 is 8.42 Å². The Morgan fingerprint density at radius 2 is 2.25 bits per heavy atom. The fourth-order valence-corrected chi connectivity index (χ4v) is 4.04. The van der Waals surface area contributed by atoms with Gasteiger partial charge < -0.3 is 5.32 Å². The second-order valence-corrected chi connectivity index (χ2v) is 7.57. The van der Waals surface area contributed by atoms with Crippen LogP contribution >= 0.6 is 11.8 Å². The maximum atomic E-state index is 12.6. The largest absolute Gasteiger partial charge is 0.313 e. The number of aromatic amines is 1. The number of hydrogen-bond donors (Lipinski definition) is 2. The molecule has 1 atom stereocenters. The Morgan fingerprint density at radius 3 is 2.85 bits per heavy atom. The molecule has 0 spiro atoms. The van der Waals surface area contributed by atoms with Crippen LogP contribution in [0.3, 0.4) is 0 Å². The summed E-state index contributed by atoms with van der Waals surface area (Å²) in [6.45, 7) is 5.32. The number of thioether (sulfide) groups is 1. The Bertz CT molecular complexity index is 501. The highest BCUT2D eigenvalue weighted by atomic mass is 32.2. The molecular formula is C12H24N4O2S2. The van der Waals surface area contributed by atoms with Gasteiger partial charge in [0.2, 0.25) is 0 Å². The van der Waals surface area contributed by atoms with Crippen molar-refractivity contribution in [1.29, 1.82) is 0 Å². The summed E-state index contributed by atoms with van der Waals surface area (Å²) < 4.78 is 26.6. The fourth-order valence-electron chi connectivity index (χ4n) is 1.78. The summed E-state index contributed by atoms with van der Waals surface area (Å²) in [6.07, 6.45) is 4.54. The van der Waals surface area contributed by atoms with E-state index in [1.54, 1.807) is 25.0 Å². The lowest BCUT2D eigenvalue weighted by Crippen LogP contribution is -2.37. The topological polar surface area (TPSA) is 78.1 Å². The maximum Gasteiger partial charge on any atom is 0.260 e. The first-order valence-corrected chi connectivity index (χ1v) is 9.48. The van der Waals surface area contributed by atoms with Gasteiger partial charge in [0.15, 0.2) is 5.03 Å². The average Bonchev–Trinajstić information content (AvgIpc) is 2.87. The van der Waals surface area contributed by atoms with Crippen LogP contribution in [-0.2, 0) is 16.6 Å². The van der Waals surface area contributed by atoms with Crippen molar-refractivity contribution in [2.75, 3.05) is 25.6 Å². The number of nitrogens with zero attached hydrogens (tertiary/aromatic N) is 2. The smallest absolute Gasteiger partial charge is 0.260 e. The van der Waals surface area contributed by atoms with Gasteiger partial charge in [0.25, 0.3) is 10.0 Å². The summed E-state index contributed by atoms with van der Waals surface area (Å²) in [7, 11) is -1.91. The van der Waals surface area contributed by atoms with Crippen LogP contribution in [-0.4, -0.2) is 54.6 Å². The lowest BCUT2D eigenvalue weighted by Gasteiger charge is -2.23. The minimum absolute atomic E-state index is 0.0604. The Kier molecular flexibility index (Phi) is 7.01. The predicted octanol–water partition coefficient (Wildman–Crippen LogP) is 1.28. The van der Waals surface area contributed by atoms with Gasteiger partial charge in [0.1, 0.15) is 0 Å². The van der Waals surface area contributed by atoms with Crippen LogP contribution in [0, 0.1) is 0 Å². The minimum atomic E-state index is -3.52. The van der Waals surface area contributed by atoms with Gasteiger partial charge in [-0.1, -0.05) is 6.92 Å². The Morgan fingerprint density at radius 1 is 1.55 bits per heavy atom. The molecule has 116 valence electrons. The molecule has 8 heteroatoms. The first-order chi connectivity index (χ1) is 9.45. The average molecular weight is 320 g/mol. The van der Waals surface area contributed by atoms with E-state index in [0.29, 0.717) is 12.1 Å². The highest BCUT2D eigenvalue weighted by Gasteiger charge is 2.28. The third-order valence-corrected chi connectivity index (χ3v) is 5.89. The molecule has 0 fully saturated rings. The summed E-state index contributed by atoms with van der Waals surface area (Å²) in [5.74, 6) is 0.757. The zero-order valence-corrected chi connectivity index (χ0v) is 14.1. The van der Waals surface area contributed by atoms with E-state index in [0.717, 1.165) is 18.7 Å². The number of aromatic nitrogens is 2. The van der Waals surface area contributed by atoms with Crippen molar-refractivity contribution in [2.24, 2.45) is 0 Å². The molecule has 0 saturated carbocycles. The van der Waals surface area contributed by atoms with Gasteiger partial charge in [-0.3, -0.25) is 5.10 Å². The number of rotatable bonds is 9. The predicted molar refractivity (Wildman–Crippen MR) is 83.4 cm³/mol. The molecule has 0 aliphatic heterocycles. The van der Waals surface area contributed by atoms with Gasteiger partial charge in [-0.05, 0) is 26.1 Å². The van der Waals surface area contributed by atoms with Crippen molar-refractivity contribution in [1.82, 2.24) is 19.8 Å². The second kappa shape index (κ2) is 8.02. The van der Waals surface area contributed by atoms with Crippen molar-refractivity contribution in [3.8, 4) is 0 Å². The first kappa shape index (κ1) is 17.5. The van der Waals surface area contributed by atoms with Gasteiger partial charge in [-0.25, -0.2) is 8.42 Å². The molecule has 0 aromatic carbocycles. The standard InChI is InChI=1S/C12H24N4O2S2/c1-5-6-13-7-11-8-14-15-12(11)20(17,18)16(3)10(2)9-19-4/h8,10,13H,5-7,9H2,1-4H3,(H,14,15). The molecule has 6 nitrogen and oxygen atoms in total. The van der Waals surface area contributed by atoms with E-state index in [-0.39, 0.29) is 11.1 Å². The molecule has 0 radical (unpaired) electrons. The van der Waals surface area contributed by atoms with Gasteiger partial charge in [0, 0.05) is 31.0 Å². The van der Waals surface area contributed by atoms with Crippen LogP contribution in [0.4, 0.5) is 0 Å². The van der Waals surface area contributed by atoms with E-state index in [2.05, 4.69) is 22.4 Å². The van der Waals surface area contributed by atoms with Gasteiger partial charge in [-0.2, -0.15) is 21.2 Å². The molecule has 0 aliphatic carbocycles. The van der Waals surface area contributed by atoms with Crippen LogP contribution in [0.5, 0.6) is 0 Å². The summed E-state index contributed by atoms with van der Waals surface area (Å²) in [5.41, 5.74) is 0.682. The molecule has 0 amide bonds. The Balaban J connectivity index is 2.89. The SMILES string of the molecule is CCCNCc1cn[nH]c1S(=O)(=O)N(C)C(C)CSC. The molecule has 0 aliphatic rings. The second-order valence-electron chi connectivity index (χ2n) is 4.73. The minimum Gasteiger partial charge on any atom is -0.313 e. The van der Waals surface area contributed by atoms with Crippen LogP contribution in [0.2, 0.25) is 0 Å². The molecule has 0 bridgehead atoms. The molecule has 1 heterocycles. The van der Waals surface area contributed by atoms with Crippen molar-refractivity contribution >= 4 is 21.8 Å². The van der Waals surface area contributed by atoms with E-state index >= 15 is 0 Å². The van der Waals surface area contributed by atoms with Crippen LogP contribution in [0.25, 0.3) is 0 Å². The summed E-state index contributed by atoms with van der Waals surface area (Å²) in [5, 5.41) is 9.89. The number of hydrogen-bond acceptors (Lipinski definition) is 5. The molecular weight excluding hydrogens is 296 g/mol. The molecule has 1 rings (SSSR count). The van der Waals surface area contributed by atoms with Gasteiger partial charge in [0.05, 0.1) is 6.20 Å². The van der Waals surface area contributed by atoms with E-state index in [9.17, 15) is 8.42 Å². The summed E-state index contributed by atoms with van der Waals surface area (Å²) >= 11 is 1.63. The molecule has 20 heavy (non-hydrogen) atoms. The Hall–Kier alpha value is -0.570. The lowest BCUT2D eigenvalue weighted by molar-refractivity contribution is 0.412. The normalized spacial score (nSPS) is 13.8. The highest BCUT2D eigenvalue weighted by Crippen LogP contribution is 2.19. The van der Waals surface area contributed by atoms with E-state index < -0.39 is 10.0 Å². The maximum absolute atomic E-state index is 12.6. The molecule has 1 unspecified atom stereocenters. The number of H-pyrrole nitrogens is 1. The van der Waals surface area contributed by atoms with Gasteiger partial charge in [-0.15, -0.1) is 0 Å². The third-order valence-electron chi connectivity index (χ3n) is 3.09. The third kappa shape index (κ3) is 4.21. The molecule has 2 N–H and O–H groups in total. The number of nitrogens with one attached hydrogen (secondary N) is 2. The Labute approximate surface area is 125 Å². The van der Waals surface area contributed by atoms with Gasteiger partial charge >= 0.3 is 0 Å². The van der Waals surface area contributed by atoms with E-state index in [1.807, 2.05) is 13.2 Å². The van der Waals surface area contributed by atoms with E-state index in [1.165, 1.54) is 4.31 Å². The molecule has 1 aromatic heterocycles. The zero-order chi connectivity index (χ0) is 15.2. The monoisotopic (exact) mass is 320 g/mol.